The van der Waals surface area contributed by atoms with Gasteiger partial charge in [-0.15, -0.1) is 0 Å². The summed E-state index contributed by atoms with van der Waals surface area (Å²) in [5.41, 5.74) is 2.62. The summed E-state index contributed by atoms with van der Waals surface area (Å²) in [4.78, 5) is 24.6. The zero-order chi connectivity index (χ0) is 13.5. The van der Waals surface area contributed by atoms with Crippen molar-refractivity contribution in [3.05, 3.63) is 0 Å². The van der Waals surface area contributed by atoms with E-state index in [2.05, 4.69) is 15.6 Å². The summed E-state index contributed by atoms with van der Waals surface area (Å²) in [7, 11) is 3.40. The fraction of sp³-hybridized carbons (Fsp3) is 0.800. The third-order valence-corrected chi connectivity index (χ3v) is 2.70. The van der Waals surface area contributed by atoms with Crippen molar-refractivity contribution in [1.82, 2.24) is 20.7 Å². The van der Waals surface area contributed by atoms with E-state index < -0.39 is 18.0 Å². The molecule has 1 fully saturated rings. The Morgan fingerprint density at radius 1 is 1.33 bits per heavy atom. The molecule has 0 saturated carbocycles. The van der Waals surface area contributed by atoms with Crippen LogP contribution in [0.15, 0.2) is 0 Å². The number of carbonyl (C=O) groups is 2. The van der Waals surface area contributed by atoms with Crippen LogP contribution in [-0.2, 0) is 9.53 Å². The summed E-state index contributed by atoms with van der Waals surface area (Å²) in [5, 5.41) is 13.0. The van der Waals surface area contributed by atoms with Gasteiger partial charge in [-0.1, -0.05) is 0 Å². The van der Waals surface area contributed by atoms with Gasteiger partial charge < -0.3 is 20.1 Å². The molecule has 0 bridgehead atoms. The van der Waals surface area contributed by atoms with Crippen molar-refractivity contribution in [2.75, 3.05) is 46.9 Å². The number of likely N-dealkylation sites (N-methyl/N-ethyl adjacent to an activating group) is 1. The Labute approximate surface area is 106 Å². The Hall–Kier alpha value is -1.38. The molecule has 1 unspecified atom stereocenters. The normalized spacial score (nSPS) is 19.2. The molecule has 1 rings (SSSR count). The summed E-state index contributed by atoms with van der Waals surface area (Å²) >= 11 is 0. The van der Waals surface area contributed by atoms with Crippen molar-refractivity contribution in [2.45, 2.75) is 6.04 Å². The lowest BCUT2D eigenvalue weighted by molar-refractivity contribution is -0.140. The maximum absolute atomic E-state index is 11.6. The lowest BCUT2D eigenvalue weighted by Crippen LogP contribution is -2.57. The fourth-order valence-corrected chi connectivity index (χ4v) is 1.59. The highest BCUT2D eigenvalue weighted by atomic mass is 16.5. The molecule has 0 aromatic carbocycles. The van der Waals surface area contributed by atoms with E-state index in [1.54, 1.807) is 5.01 Å². The standard InChI is InChI=1S/C10H20N4O4/c1-13-3-5-14(6-4-13)12-10(17)11-8(7-18-2)9(15)16/h8H,3-7H2,1-2H3,(H,15,16)(H2,11,12,17). The second kappa shape index (κ2) is 7.14. The van der Waals surface area contributed by atoms with Crippen LogP contribution in [0, 0.1) is 0 Å². The van der Waals surface area contributed by atoms with E-state index in [4.69, 9.17) is 9.84 Å². The first-order chi connectivity index (χ1) is 8.52. The SMILES string of the molecule is COCC(NC(=O)NN1CCN(C)CC1)C(=O)O. The van der Waals surface area contributed by atoms with Gasteiger partial charge in [0.15, 0.2) is 6.04 Å². The van der Waals surface area contributed by atoms with E-state index in [1.807, 2.05) is 7.05 Å². The molecule has 1 saturated heterocycles. The topological polar surface area (TPSA) is 94.1 Å². The maximum Gasteiger partial charge on any atom is 0.330 e. The van der Waals surface area contributed by atoms with Crippen LogP contribution in [0.3, 0.4) is 0 Å². The summed E-state index contributed by atoms with van der Waals surface area (Å²) in [6.07, 6.45) is 0. The van der Waals surface area contributed by atoms with Crippen LogP contribution in [0.1, 0.15) is 0 Å². The van der Waals surface area contributed by atoms with E-state index >= 15 is 0 Å². The zero-order valence-corrected chi connectivity index (χ0v) is 10.7. The first-order valence-electron chi connectivity index (χ1n) is 5.75. The number of methoxy groups -OCH3 is 1. The number of hydrogen-bond acceptors (Lipinski definition) is 5. The smallest absolute Gasteiger partial charge is 0.330 e. The second-order valence-corrected chi connectivity index (χ2v) is 4.22. The van der Waals surface area contributed by atoms with Crippen LogP contribution >= 0.6 is 0 Å². The van der Waals surface area contributed by atoms with Crippen molar-refractivity contribution in [3.8, 4) is 0 Å². The first-order valence-corrected chi connectivity index (χ1v) is 5.75. The number of hydrogen-bond donors (Lipinski definition) is 3. The minimum atomic E-state index is -1.12. The van der Waals surface area contributed by atoms with Crippen LogP contribution in [-0.4, -0.2) is 80.0 Å². The van der Waals surface area contributed by atoms with Gasteiger partial charge in [0.1, 0.15) is 0 Å². The van der Waals surface area contributed by atoms with Crippen molar-refractivity contribution in [1.29, 1.82) is 0 Å². The molecule has 0 aromatic rings. The molecular weight excluding hydrogens is 240 g/mol. The number of rotatable bonds is 5. The summed E-state index contributed by atoms with van der Waals surface area (Å²) < 4.78 is 4.73. The van der Waals surface area contributed by atoms with Crippen LogP contribution < -0.4 is 10.7 Å². The Balaban J connectivity index is 2.33. The van der Waals surface area contributed by atoms with Crippen LogP contribution in [0.4, 0.5) is 4.79 Å². The fourth-order valence-electron chi connectivity index (χ4n) is 1.59. The Kier molecular flexibility index (Phi) is 5.83. The minimum absolute atomic E-state index is 0.0640. The molecule has 18 heavy (non-hydrogen) atoms. The Morgan fingerprint density at radius 2 is 1.94 bits per heavy atom. The van der Waals surface area contributed by atoms with E-state index in [0.29, 0.717) is 13.1 Å². The largest absolute Gasteiger partial charge is 0.480 e. The number of carbonyl (C=O) groups excluding carboxylic acids is 1. The first kappa shape index (κ1) is 14.7. The summed E-state index contributed by atoms with van der Waals surface area (Å²) in [6, 6.07) is -1.56. The average Bonchev–Trinajstić information content (AvgIpc) is 2.31. The van der Waals surface area contributed by atoms with Gasteiger partial charge in [-0.3, -0.25) is 5.43 Å². The van der Waals surface area contributed by atoms with Gasteiger partial charge in [-0.2, -0.15) is 0 Å². The molecule has 0 spiro atoms. The third-order valence-electron chi connectivity index (χ3n) is 2.70. The van der Waals surface area contributed by atoms with Gasteiger partial charge in [0.05, 0.1) is 6.61 Å². The van der Waals surface area contributed by atoms with Gasteiger partial charge >= 0.3 is 12.0 Å². The lowest BCUT2D eigenvalue weighted by atomic mass is 10.3. The molecular formula is C10H20N4O4. The molecule has 2 amide bonds. The van der Waals surface area contributed by atoms with E-state index in [0.717, 1.165) is 13.1 Å². The number of hydrazine groups is 1. The average molecular weight is 260 g/mol. The summed E-state index contributed by atoms with van der Waals surface area (Å²) in [5.74, 6) is -1.12. The molecule has 8 heteroatoms. The molecule has 104 valence electrons. The molecule has 1 aliphatic rings. The van der Waals surface area contributed by atoms with Crippen molar-refractivity contribution in [2.24, 2.45) is 0 Å². The number of nitrogens with one attached hydrogen (secondary N) is 2. The second-order valence-electron chi connectivity index (χ2n) is 4.22. The maximum atomic E-state index is 11.6. The van der Waals surface area contributed by atoms with E-state index in [-0.39, 0.29) is 6.61 Å². The molecule has 0 radical (unpaired) electrons. The molecule has 1 heterocycles. The number of carboxylic acid groups (broad SMARTS) is 1. The molecule has 1 aliphatic heterocycles. The predicted molar refractivity (Wildman–Crippen MR) is 64.0 cm³/mol. The van der Waals surface area contributed by atoms with E-state index in [9.17, 15) is 9.59 Å². The number of amides is 2. The third kappa shape index (κ3) is 4.86. The van der Waals surface area contributed by atoms with Gasteiger partial charge in [-0.05, 0) is 7.05 Å². The molecule has 0 aliphatic carbocycles. The van der Waals surface area contributed by atoms with Crippen LogP contribution in [0.25, 0.3) is 0 Å². The number of aliphatic carboxylic acids is 1. The van der Waals surface area contributed by atoms with Gasteiger partial charge in [0, 0.05) is 33.3 Å². The van der Waals surface area contributed by atoms with Crippen LogP contribution in [0.5, 0.6) is 0 Å². The quantitative estimate of drug-likeness (QED) is 0.560. The molecule has 1 atom stereocenters. The lowest BCUT2D eigenvalue weighted by Gasteiger charge is -2.32. The number of carboxylic acids is 1. The van der Waals surface area contributed by atoms with Crippen molar-refractivity contribution >= 4 is 12.0 Å². The molecule has 0 aromatic heterocycles. The highest BCUT2D eigenvalue weighted by Gasteiger charge is 2.21. The van der Waals surface area contributed by atoms with Crippen LogP contribution in [0.2, 0.25) is 0 Å². The summed E-state index contributed by atoms with van der Waals surface area (Å²) in [6.45, 7) is 3.09. The monoisotopic (exact) mass is 260 g/mol. The van der Waals surface area contributed by atoms with Gasteiger partial charge in [0.25, 0.3) is 0 Å². The number of piperazine rings is 1. The predicted octanol–water partition coefficient (Wildman–Crippen LogP) is -1.45. The number of urea groups is 1. The Bertz CT molecular complexity index is 292. The van der Waals surface area contributed by atoms with E-state index in [1.165, 1.54) is 7.11 Å². The molecule has 8 nitrogen and oxygen atoms in total. The van der Waals surface area contributed by atoms with Crippen molar-refractivity contribution < 1.29 is 19.4 Å². The Morgan fingerprint density at radius 3 is 2.44 bits per heavy atom. The zero-order valence-electron chi connectivity index (χ0n) is 10.7. The number of nitrogens with zero attached hydrogens (tertiary/aromatic N) is 2. The van der Waals surface area contributed by atoms with Crippen molar-refractivity contribution in [3.63, 3.8) is 0 Å². The highest BCUT2D eigenvalue weighted by Crippen LogP contribution is 1.95. The van der Waals surface area contributed by atoms with Gasteiger partial charge in [-0.25, -0.2) is 14.6 Å². The number of ether oxygens (including phenoxy) is 1. The molecule has 3 N–H and O–H groups in total. The highest BCUT2D eigenvalue weighted by molar-refractivity contribution is 5.82. The van der Waals surface area contributed by atoms with Gasteiger partial charge in [0.2, 0.25) is 0 Å². The minimum Gasteiger partial charge on any atom is -0.480 e.